The van der Waals surface area contributed by atoms with Crippen molar-refractivity contribution in [2.75, 3.05) is 5.75 Å². The standard InChI is InChI=1S/C15H24N2S/c1-15(2,14(16)17)10-6-7-11-18-12-13-8-4-3-5-9-13/h3-5,8-9H,6-7,10-12H2,1-2H3,(H3,16,17). The fraction of sp³-hybridized carbons (Fsp3) is 0.533. The maximum atomic E-state index is 7.50. The highest BCUT2D eigenvalue weighted by Crippen LogP contribution is 2.23. The van der Waals surface area contributed by atoms with E-state index in [9.17, 15) is 0 Å². The molecule has 0 aromatic heterocycles. The summed E-state index contributed by atoms with van der Waals surface area (Å²) in [5.74, 6) is 2.58. The molecular formula is C15H24N2S. The molecule has 100 valence electrons. The number of nitrogens with one attached hydrogen (secondary N) is 1. The molecule has 0 radical (unpaired) electrons. The van der Waals surface area contributed by atoms with Crippen LogP contribution in [-0.4, -0.2) is 11.6 Å². The molecule has 3 heteroatoms. The van der Waals surface area contributed by atoms with Crippen molar-refractivity contribution in [3.8, 4) is 0 Å². The van der Waals surface area contributed by atoms with E-state index in [2.05, 4.69) is 30.3 Å². The molecule has 0 saturated heterocycles. The minimum Gasteiger partial charge on any atom is -0.387 e. The summed E-state index contributed by atoms with van der Waals surface area (Å²) in [6.45, 7) is 4.10. The highest BCUT2D eigenvalue weighted by atomic mass is 32.2. The molecule has 0 aliphatic rings. The van der Waals surface area contributed by atoms with E-state index in [4.69, 9.17) is 11.1 Å². The van der Waals surface area contributed by atoms with Gasteiger partial charge in [0.15, 0.2) is 0 Å². The second kappa shape index (κ2) is 7.47. The summed E-state index contributed by atoms with van der Waals surface area (Å²) in [5, 5.41) is 7.50. The first kappa shape index (κ1) is 15.1. The molecule has 2 nitrogen and oxygen atoms in total. The second-order valence-corrected chi connectivity index (χ2v) is 6.40. The van der Waals surface area contributed by atoms with Gasteiger partial charge in [-0.05, 0) is 24.2 Å². The monoisotopic (exact) mass is 264 g/mol. The SMILES string of the molecule is CC(C)(CCCCSCc1ccccc1)C(=N)N. The van der Waals surface area contributed by atoms with Gasteiger partial charge in [-0.15, -0.1) is 0 Å². The Morgan fingerprint density at radius 2 is 1.89 bits per heavy atom. The van der Waals surface area contributed by atoms with E-state index in [1.165, 1.54) is 17.7 Å². The number of amidine groups is 1. The van der Waals surface area contributed by atoms with Gasteiger partial charge >= 0.3 is 0 Å². The molecule has 1 rings (SSSR count). The van der Waals surface area contributed by atoms with Crippen LogP contribution in [0.3, 0.4) is 0 Å². The van der Waals surface area contributed by atoms with Gasteiger partial charge in [0.1, 0.15) is 0 Å². The number of nitrogens with two attached hydrogens (primary N) is 1. The third-order valence-electron chi connectivity index (χ3n) is 3.18. The van der Waals surface area contributed by atoms with E-state index >= 15 is 0 Å². The van der Waals surface area contributed by atoms with Crippen LogP contribution in [0.15, 0.2) is 30.3 Å². The van der Waals surface area contributed by atoms with Gasteiger partial charge in [-0.2, -0.15) is 11.8 Å². The fourth-order valence-corrected chi connectivity index (χ4v) is 2.65. The first-order valence-electron chi connectivity index (χ1n) is 6.48. The predicted molar refractivity (Wildman–Crippen MR) is 82.2 cm³/mol. The molecule has 0 bridgehead atoms. The quantitative estimate of drug-likeness (QED) is 0.423. The Kier molecular flexibility index (Phi) is 6.27. The molecular weight excluding hydrogens is 240 g/mol. The average molecular weight is 264 g/mol. The molecule has 1 aromatic rings. The molecule has 18 heavy (non-hydrogen) atoms. The summed E-state index contributed by atoms with van der Waals surface area (Å²) < 4.78 is 0. The Balaban J connectivity index is 2.08. The molecule has 0 aliphatic carbocycles. The van der Waals surface area contributed by atoms with Gasteiger partial charge in [0.05, 0.1) is 5.84 Å². The lowest BCUT2D eigenvalue weighted by atomic mass is 9.86. The number of hydrogen-bond acceptors (Lipinski definition) is 2. The smallest absolute Gasteiger partial charge is 0.0963 e. The van der Waals surface area contributed by atoms with Gasteiger partial charge in [0.2, 0.25) is 0 Å². The first-order valence-corrected chi connectivity index (χ1v) is 7.64. The molecule has 0 unspecified atom stereocenters. The van der Waals surface area contributed by atoms with Crippen LogP contribution in [0, 0.1) is 10.8 Å². The van der Waals surface area contributed by atoms with Gasteiger partial charge < -0.3 is 5.73 Å². The van der Waals surface area contributed by atoms with E-state index < -0.39 is 0 Å². The summed E-state index contributed by atoms with van der Waals surface area (Å²) >= 11 is 1.98. The van der Waals surface area contributed by atoms with Crippen LogP contribution in [0.5, 0.6) is 0 Å². The largest absolute Gasteiger partial charge is 0.387 e. The summed E-state index contributed by atoms with van der Waals surface area (Å²) in [6, 6.07) is 10.6. The lowest BCUT2D eigenvalue weighted by Crippen LogP contribution is -2.30. The average Bonchev–Trinajstić information content (AvgIpc) is 2.34. The molecule has 0 heterocycles. The summed E-state index contributed by atoms with van der Waals surface area (Å²) in [7, 11) is 0. The van der Waals surface area contributed by atoms with Gasteiger partial charge in [-0.25, -0.2) is 0 Å². The molecule has 0 aliphatic heterocycles. The molecule has 0 spiro atoms. The van der Waals surface area contributed by atoms with Crippen molar-refractivity contribution in [1.29, 1.82) is 5.41 Å². The van der Waals surface area contributed by atoms with Crippen LogP contribution in [0.4, 0.5) is 0 Å². The molecule has 0 amide bonds. The Hall–Kier alpha value is -0.960. The van der Waals surface area contributed by atoms with Gasteiger partial charge in [0, 0.05) is 11.2 Å². The third kappa shape index (κ3) is 5.58. The topological polar surface area (TPSA) is 49.9 Å². The Labute approximate surface area is 115 Å². The third-order valence-corrected chi connectivity index (χ3v) is 4.30. The number of hydrogen-bond donors (Lipinski definition) is 2. The van der Waals surface area contributed by atoms with Crippen LogP contribution < -0.4 is 5.73 Å². The molecule has 0 atom stereocenters. The van der Waals surface area contributed by atoms with Crippen LogP contribution in [0.1, 0.15) is 38.7 Å². The second-order valence-electron chi connectivity index (χ2n) is 5.29. The van der Waals surface area contributed by atoms with E-state index in [1.54, 1.807) is 0 Å². The number of unbranched alkanes of at least 4 members (excludes halogenated alkanes) is 1. The van der Waals surface area contributed by atoms with Crippen molar-refractivity contribution in [2.45, 2.75) is 38.9 Å². The minimum atomic E-state index is -0.135. The zero-order chi connectivity index (χ0) is 13.4. The molecule has 3 N–H and O–H groups in total. The maximum Gasteiger partial charge on any atom is 0.0963 e. The Bertz CT molecular complexity index is 360. The predicted octanol–water partition coefficient (Wildman–Crippen LogP) is 4.05. The summed E-state index contributed by atoms with van der Waals surface area (Å²) in [5.41, 5.74) is 6.83. The van der Waals surface area contributed by atoms with Crippen molar-refractivity contribution in [1.82, 2.24) is 0 Å². The zero-order valence-corrected chi connectivity index (χ0v) is 12.2. The first-order chi connectivity index (χ1) is 8.52. The van der Waals surface area contributed by atoms with Crippen molar-refractivity contribution in [2.24, 2.45) is 11.1 Å². The van der Waals surface area contributed by atoms with Crippen LogP contribution in [0.2, 0.25) is 0 Å². The van der Waals surface area contributed by atoms with Crippen molar-refractivity contribution in [3.05, 3.63) is 35.9 Å². The van der Waals surface area contributed by atoms with Crippen molar-refractivity contribution >= 4 is 17.6 Å². The zero-order valence-electron chi connectivity index (χ0n) is 11.4. The van der Waals surface area contributed by atoms with E-state index in [0.717, 1.165) is 18.6 Å². The fourth-order valence-electron chi connectivity index (χ4n) is 1.67. The summed E-state index contributed by atoms with van der Waals surface area (Å²) in [6.07, 6.45) is 3.36. The van der Waals surface area contributed by atoms with E-state index in [1.807, 2.05) is 25.6 Å². The highest BCUT2D eigenvalue weighted by Gasteiger charge is 2.20. The van der Waals surface area contributed by atoms with Crippen LogP contribution >= 0.6 is 11.8 Å². The number of rotatable bonds is 8. The van der Waals surface area contributed by atoms with Crippen molar-refractivity contribution < 1.29 is 0 Å². The lowest BCUT2D eigenvalue weighted by Gasteiger charge is -2.22. The van der Waals surface area contributed by atoms with Crippen LogP contribution in [0.25, 0.3) is 0 Å². The maximum absolute atomic E-state index is 7.50. The Morgan fingerprint density at radius 3 is 2.50 bits per heavy atom. The van der Waals surface area contributed by atoms with Gasteiger partial charge in [-0.3, -0.25) is 5.41 Å². The molecule has 1 aromatic carbocycles. The summed E-state index contributed by atoms with van der Waals surface area (Å²) in [4.78, 5) is 0. The van der Waals surface area contributed by atoms with Crippen LogP contribution in [-0.2, 0) is 5.75 Å². The number of thioether (sulfide) groups is 1. The highest BCUT2D eigenvalue weighted by molar-refractivity contribution is 7.98. The lowest BCUT2D eigenvalue weighted by molar-refractivity contribution is 0.448. The normalized spacial score (nSPS) is 11.4. The minimum absolute atomic E-state index is 0.135. The van der Waals surface area contributed by atoms with E-state index in [0.29, 0.717) is 5.84 Å². The Morgan fingerprint density at radius 1 is 1.22 bits per heavy atom. The van der Waals surface area contributed by atoms with Gasteiger partial charge in [-0.1, -0.05) is 50.6 Å². The molecule has 0 saturated carbocycles. The molecule has 0 fully saturated rings. The van der Waals surface area contributed by atoms with Gasteiger partial charge in [0.25, 0.3) is 0 Å². The number of benzene rings is 1. The van der Waals surface area contributed by atoms with E-state index in [-0.39, 0.29) is 5.41 Å². The van der Waals surface area contributed by atoms with Crippen molar-refractivity contribution in [3.63, 3.8) is 0 Å².